The second-order valence-electron chi connectivity index (χ2n) is 4.67. The molecule has 0 fully saturated rings. The lowest BCUT2D eigenvalue weighted by atomic mass is 10.1. The van der Waals surface area contributed by atoms with Gasteiger partial charge in [-0.05, 0) is 23.8 Å². The van der Waals surface area contributed by atoms with Gasteiger partial charge in [-0.15, -0.1) is 0 Å². The van der Waals surface area contributed by atoms with Gasteiger partial charge in [0.05, 0.1) is 10.5 Å². The minimum Gasteiger partial charge on any atom is -0.364 e. The fraction of sp³-hybridized carbons (Fsp3) is 0.286. The van der Waals surface area contributed by atoms with Crippen LogP contribution in [0.2, 0.25) is 5.02 Å². The first-order valence-electron chi connectivity index (χ1n) is 5.99. The molecule has 0 amide bonds. The Hall–Kier alpha value is -2.01. The molecule has 0 saturated carbocycles. The molecular formula is C14H18ClN3O2. The van der Waals surface area contributed by atoms with Crippen LogP contribution in [0.5, 0.6) is 0 Å². The van der Waals surface area contributed by atoms with Crippen molar-refractivity contribution < 1.29 is 4.92 Å². The van der Waals surface area contributed by atoms with Crippen LogP contribution in [0.15, 0.2) is 42.4 Å². The molecule has 0 atom stereocenters. The van der Waals surface area contributed by atoms with E-state index in [1.54, 1.807) is 30.3 Å². The molecule has 0 spiro atoms. The monoisotopic (exact) mass is 295 g/mol. The van der Waals surface area contributed by atoms with E-state index < -0.39 is 4.92 Å². The van der Waals surface area contributed by atoms with Gasteiger partial charge in [0.1, 0.15) is 5.82 Å². The molecule has 0 saturated heterocycles. The number of allylic oxidation sites excluding steroid dienone is 2. The van der Waals surface area contributed by atoms with Crippen molar-refractivity contribution in [2.45, 2.75) is 0 Å². The largest absolute Gasteiger partial charge is 0.364 e. The fourth-order valence-corrected chi connectivity index (χ4v) is 1.87. The summed E-state index contributed by atoms with van der Waals surface area (Å²) in [5.41, 5.74) is 1.26. The van der Waals surface area contributed by atoms with Crippen molar-refractivity contribution in [2.75, 3.05) is 28.2 Å². The van der Waals surface area contributed by atoms with E-state index in [0.717, 1.165) is 17.6 Å². The number of hydrogen-bond donors (Lipinski definition) is 0. The molecule has 1 rings (SSSR count). The van der Waals surface area contributed by atoms with Crippen LogP contribution in [0, 0.1) is 10.1 Å². The predicted molar refractivity (Wildman–Crippen MR) is 81.9 cm³/mol. The highest BCUT2D eigenvalue weighted by molar-refractivity contribution is 6.30. The van der Waals surface area contributed by atoms with Gasteiger partial charge in [-0.2, -0.15) is 0 Å². The zero-order chi connectivity index (χ0) is 15.3. The zero-order valence-electron chi connectivity index (χ0n) is 12.0. The second-order valence-corrected chi connectivity index (χ2v) is 5.10. The van der Waals surface area contributed by atoms with Crippen LogP contribution in [0.4, 0.5) is 0 Å². The van der Waals surface area contributed by atoms with Gasteiger partial charge in [-0.1, -0.05) is 23.7 Å². The summed E-state index contributed by atoms with van der Waals surface area (Å²) in [6.45, 7) is 0. The molecule has 6 heteroatoms. The summed E-state index contributed by atoms with van der Waals surface area (Å²) in [7, 11) is 7.55. The predicted octanol–water partition coefficient (Wildman–Crippen LogP) is 2.92. The van der Waals surface area contributed by atoms with Gasteiger partial charge in [0, 0.05) is 33.2 Å². The van der Waals surface area contributed by atoms with Crippen molar-refractivity contribution in [1.29, 1.82) is 0 Å². The molecule has 0 aliphatic rings. The van der Waals surface area contributed by atoms with Crippen LogP contribution in [0.25, 0.3) is 5.57 Å². The zero-order valence-corrected chi connectivity index (χ0v) is 12.8. The quantitative estimate of drug-likeness (QED) is 0.476. The first-order valence-corrected chi connectivity index (χ1v) is 6.36. The minimum absolute atomic E-state index is 0.455. The van der Waals surface area contributed by atoms with Crippen molar-refractivity contribution in [3.63, 3.8) is 0 Å². The van der Waals surface area contributed by atoms with Crippen molar-refractivity contribution in [3.8, 4) is 0 Å². The van der Waals surface area contributed by atoms with Crippen LogP contribution < -0.4 is 0 Å². The molecule has 1 aromatic rings. The van der Waals surface area contributed by atoms with Crippen molar-refractivity contribution in [1.82, 2.24) is 9.80 Å². The first kappa shape index (κ1) is 16.0. The summed E-state index contributed by atoms with van der Waals surface area (Å²) in [4.78, 5) is 14.1. The van der Waals surface area contributed by atoms with Crippen LogP contribution in [-0.4, -0.2) is 42.9 Å². The summed E-state index contributed by atoms with van der Waals surface area (Å²) in [5, 5.41) is 11.4. The maximum atomic E-state index is 10.8. The van der Waals surface area contributed by atoms with Gasteiger partial charge < -0.3 is 9.80 Å². The molecule has 0 aromatic heterocycles. The highest BCUT2D eigenvalue weighted by Gasteiger charge is 2.09. The number of nitrogens with zero attached hydrogens (tertiary/aromatic N) is 3. The third-order valence-corrected chi connectivity index (χ3v) is 2.88. The van der Waals surface area contributed by atoms with E-state index in [-0.39, 0.29) is 0 Å². The Bertz CT molecular complexity index is 524. The minimum atomic E-state index is -0.455. The third kappa shape index (κ3) is 4.59. The van der Waals surface area contributed by atoms with Crippen LogP contribution in [0.3, 0.4) is 0 Å². The molecule has 1 aromatic carbocycles. The van der Waals surface area contributed by atoms with Crippen LogP contribution in [0.1, 0.15) is 5.56 Å². The molecule has 20 heavy (non-hydrogen) atoms. The summed E-state index contributed by atoms with van der Waals surface area (Å²) in [5.74, 6) is 0.855. The molecule has 0 aliphatic carbocycles. The lowest BCUT2D eigenvalue weighted by molar-refractivity contribution is -0.401. The van der Waals surface area contributed by atoms with E-state index in [1.807, 2.05) is 38.0 Å². The molecular weight excluding hydrogens is 278 g/mol. The smallest absolute Gasteiger partial charge is 0.242 e. The standard InChI is InChI=1S/C14H18ClN3O2/c1-16(2)14(17(3)4)9-12(10-18(19)20)11-5-7-13(15)8-6-11/h5-10H,1-4H3/b12-10-. The van der Waals surface area contributed by atoms with E-state index in [1.165, 1.54) is 0 Å². The highest BCUT2D eigenvalue weighted by atomic mass is 35.5. The third-order valence-electron chi connectivity index (χ3n) is 2.62. The number of benzene rings is 1. The van der Waals surface area contributed by atoms with Gasteiger partial charge >= 0.3 is 0 Å². The van der Waals surface area contributed by atoms with Crippen molar-refractivity contribution in [3.05, 3.63) is 63.1 Å². The molecule has 0 bridgehead atoms. The van der Waals surface area contributed by atoms with Gasteiger partial charge in [0.2, 0.25) is 6.20 Å². The maximum absolute atomic E-state index is 10.8. The fourth-order valence-electron chi connectivity index (χ4n) is 1.75. The summed E-state index contributed by atoms with van der Waals surface area (Å²) in [6.07, 6.45) is 2.77. The van der Waals surface area contributed by atoms with Gasteiger partial charge in [-0.3, -0.25) is 10.1 Å². The number of nitro groups is 1. The Morgan fingerprint density at radius 2 is 1.65 bits per heavy atom. The SMILES string of the molecule is CN(C)C(=C/C(=C/[N+](=O)[O-])c1ccc(Cl)cc1)N(C)C. The number of hydrogen-bond acceptors (Lipinski definition) is 4. The van der Waals surface area contributed by atoms with Crippen molar-refractivity contribution >= 4 is 17.2 Å². The Balaban J connectivity index is 3.30. The first-order chi connectivity index (χ1) is 9.31. The average Bonchev–Trinajstić information content (AvgIpc) is 2.34. The average molecular weight is 296 g/mol. The van der Waals surface area contributed by atoms with E-state index >= 15 is 0 Å². The lowest BCUT2D eigenvalue weighted by Crippen LogP contribution is -2.24. The molecule has 0 N–H and O–H groups in total. The number of halogens is 1. The molecule has 0 unspecified atom stereocenters. The van der Waals surface area contributed by atoms with Crippen LogP contribution in [-0.2, 0) is 0 Å². The van der Waals surface area contributed by atoms with Gasteiger partial charge in [-0.25, -0.2) is 0 Å². The Morgan fingerprint density at radius 1 is 1.15 bits per heavy atom. The van der Waals surface area contributed by atoms with Crippen LogP contribution >= 0.6 is 11.6 Å². The Morgan fingerprint density at radius 3 is 2.05 bits per heavy atom. The number of rotatable bonds is 5. The molecule has 5 nitrogen and oxygen atoms in total. The van der Waals surface area contributed by atoms with Gasteiger partial charge in [0.25, 0.3) is 0 Å². The van der Waals surface area contributed by atoms with E-state index in [9.17, 15) is 10.1 Å². The Kier molecular flexibility index (Phi) is 5.58. The Labute approximate surface area is 123 Å². The maximum Gasteiger partial charge on any atom is 0.242 e. The topological polar surface area (TPSA) is 49.6 Å². The molecule has 108 valence electrons. The van der Waals surface area contributed by atoms with E-state index in [0.29, 0.717) is 10.6 Å². The van der Waals surface area contributed by atoms with Gasteiger partial charge in [0.15, 0.2) is 0 Å². The van der Waals surface area contributed by atoms with E-state index in [4.69, 9.17) is 11.6 Å². The second kappa shape index (κ2) is 6.96. The summed E-state index contributed by atoms with van der Waals surface area (Å²) >= 11 is 5.84. The summed E-state index contributed by atoms with van der Waals surface area (Å²) in [6, 6.07) is 6.95. The summed E-state index contributed by atoms with van der Waals surface area (Å²) < 4.78 is 0. The normalized spacial score (nSPS) is 10.9. The van der Waals surface area contributed by atoms with E-state index in [2.05, 4.69) is 0 Å². The van der Waals surface area contributed by atoms with Crippen molar-refractivity contribution in [2.24, 2.45) is 0 Å². The highest BCUT2D eigenvalue weighted by Crippen LogP contribution is 2.21. The molecule has 0 heterocycles. The molecule has 0 aliphatic heterocycles. The lowest BCUT2D eigenvalue weighted by Gasteiger charge is -2.24. The molecule has 0 radical (unpaired) electrons.